The minimum atomic E-state index is -2.21. The Morgan fingerprint density at radius 1 is 0.534 bits per heavy atom. The molecule has 2 N–H and O–H groups in total. The van der Waals surface area contributed by atoms with Gasteiger partial charge in [0.25, 0.3) is 0 Å². The molecule has 6 heterocycles. The van der Waals surface area contributed by atoms with Crippen molar-refractivity contribution in [3.63, 3.8) is 0 Å². The summed E-state index contributed by atoms with van der Waals surface area (Å²) in [6.45, 7) is 7.30. The van der Waals surface area contributed by atoms with Crippen LogP contribution < -0.4 is 3.71 Å². The molecule has 3 aliphatic heterocycles. The molecular weight excluding hydrogens is 1090 g/mol. The van der Waals surface area contributed by atoms with Crippen LogP contribution in [-0.2, 0) is 14.5 Å². The van der Waals surface area contributed by atoms with E-state index < -0.39 is 18.4 Å². The third kappa shape index (κ3) is 17.6. The summed E-state index contributed by atoms with van der Waals surface area (Å²) in [5.74, 6) is 0. The molecule has 0 unspecified atom stereocenters. The Morgan fingerprint density at radius 3 is 1.27 bits per heavy atom. The Balaban J connectivity index is 0.000000160. The van der Waals surface area contributed by atoms with Crippen LogP contribution in [0.1, 0.15) is 95.2 Å². The van der Waals surface area contributed by atoms with Crippen LogP contribution in [0.3, 0.4) is 0 Å². The number of aliphatic hydroxyl groups excluding tert-OH is 2. The number of rotatable bonds is 19. The second-order valence-electron chi connectivity index (χ2n) is 18.1. The average Bonchev–Trinajstić information content (AvgIpc) is 4.27. The van der Waals surface area contributed by atoms with Gasteiger partial charge in [-0.25, -0.2) is 0 Å². The van der Waals surface area contributed by atoms with Gasteiger partial charge < -0.3 is 24.7 Å². The largest absolute Gasteiger partial charge is 0.392 e. The van der Waals surface area contributed by atoms with Crippen LogP contribution in [0.15, 0.2) is 171 Å². The van der Waals surface area contributed by atoms with Gasteiger partial charge in [-0.15, -0.1) is 0 Å². The van der Waals surface area contributed by atoms with Crippen molar-refractivity contribution in [2.45, 2.75) is 110 Å². The molecule has 0 aliphatic carbocycles. The van der Waals surface area contributed by atoms with Gasteiger partial charge in [-0.3, -0.25) is 9.97 Å². The molecule has 73 heavy (non-hydrogen) atoms. The van der Waals surface area contributed by atoms with Crippen molar-refractivity contribution in [2.24, 2.45) is 20.6 Å². The van der Waals surface area contributed by atoms with Crippen molar-refractivity contribution in [2.75, 3.05) is 19.8 Å². The second-order valence-corrected chi connectivity index (χ2v) is 32.1. The van der Waals surface area contributed by atoms with E-state index in [9.17, 15) is 0 Å². The average molecular weight is 1160 g/mol. The van der Waals surface area contributed by atoms with Crippen molar-refractivity contribution in [1.29, 1.82) is 0 Å². The smallest absolute Gasteiger partial charge is 0.156 e. The standard InChI is InChI=1S/C15H13N5O.C15H14N2O2.C10H10BrNO2.C5H4N.3C4H9.Sn/c16-20-18-10-13-9-15(19-21-13)12-6-4-11(5-7-12)14-3-1-2-8-17-14;18-10-13-9-15(17-19-13)12-6-4-11(5-7-12)14-3-1-2-8-16-14;11-8-3-1-7(2-4-8)10-5-9(6-13)14-12-10;1-2-4-6-5-3-1;3*1-3-4-2;/h1-8,13H,9-10H2;1-8,13,18H,9-10H2;1-4,9,13H,5-6H2;1-4H;3*1,3-4H2,2H3;/t2*13-;9-;;;;;/m111...../s1. The molecule has 6 aromatic rings. The maximum Gasteiger partial charge on any atom is 0.156 e. The molecule has 0 amide bonds. The van der Waals surface area contributed by atoms with Crippen molar-refractivity contribution in [3.8, 4) is 22.5 Å². The first-order valence-electron chi connectivity index (χ1n) is 25.4. The molecule has 9 rings (SSSR count). The Bertz CT molecular complexity index is 2660. The van der Waals surface area contributed by atoms with E-state index >= 15 is 0 Å². The van der Waals surface area contributed by atoms with Crippen LogP contribution >= 0.6 is 15.9 Å². The molecule has 0 fully saturated rings. The SMILES string of the molecule is CCC[CH2][Sn]([CH2]CCC)([CH2]CCC)[c]1ccccn1.OC[C@H]1CC(c2ccc(-c3ccccn3)cc2)=NO1.OC[C@H]1CC(c2ccc(Br)cc2)=NO1.[N-]=[N+]=NC[C@H]1CC(c2ccc(-c3ccccn3)cc2)=NO1. The van der Waals surface area contributed by atoms with E-state index in [0.29, 0.717) is 25.8 Å². The molecule has 382 valence electrons. The summed E-state index contributed by atoms with van der Waals surface area (Å²) < 4.78 is 7.14. The summed E-state index contributed by atoms with van der Waals surface area (Å²) in [5.41, 5.74) is 18.1. The van der Waals surface area contributed by atoms with Gasteiger partial charge in [0.2, 0.25) is 0 Å². The Kier molecular flexibility index (Phi) is 23.9. The summed E-state index contributed by atoms with van der Waals surface area (Å²) in [4.78, 5) is 31.5. The number of unbranched alkanes of at least 4 members (excludes halogenated alkanes) is 3. The fourth-order valence-electron chi connectivity index (χ4n) is 8.58. The number of halogens is 1. The van der Waals surface area contributed by atoms with E-state index in [0.717, 1.165) is 60.8 Å². The third-order valence-electron chi connectivity index (χ3n) is 12.7. The number of azide groups is 1. The number of nitrogens with zero attached hydrogens (tertiary/aromatic N) is 9. The fourth-order valence-corrected chi connectivity index (χ4v) is 24.3. The number of aliphatic hydroxyl groups is 2. The number of pyridine rings is 3. The topological polar surface area (TPSA) is 193 Å². The van der Waals surface area contributed by atoms with E-state index in [-0.39, 0.29) is 31.5 Å². The summed E-state index contributed by atoms with van der Waals surface area (Å²) in [6.07, 6.45) is 15.3. The summed E-state index contributed by atoms with van der Waals surface area (Å²) in [6, 6.07) is 42.3. The van der Waals surface area contributed by atoms with Gasteiger partial charge in [-0.1, -0.05) is 109 Å². The first-order valence-corrected chi connectivity index (χ1v) is 33.7. The van der Waals surface area contributed by atoms with Gasteiger partial charge in [0.05, 0.1) is 48.3 Å². The first kappa shape index (κ1) is 56.3. The van der Waals surface area contributed by atoms with E-state index in [2.05, 4.69) is 90.4 Å². The molecule has 0 radical (unpaired) electrons. The van der Waals surface area contributed by atoms with Gasteiger partial charge in [0.15, 0.2) is 12.2 Å². The summed E-state index contributed by atoms with van der Waals surface area (Å²) >= 11 is 1.16. The zero-order valence-electron chi connectivity index (χ0n) is 42.2. The van der Waals surface area contributed by atoms with Gasteiger partial charge in [-0.2, -0.15) is 0 Å². The minimum absolute atomic E-state index is 0.000973. The maximum absolute atomic E-state index is 9.02. The Hall–Kier alpha value is -5.97. The molecule has 0 saturated carbocycles. The van der Waals surface area contributed by atoms with E-state index in [1.165, 1.54) is 51.8 Å². The summed E-state index contributed by atoms with van der Waals surface area (Å²) in [5, 5.41) is 33.4. The van der Waals surface area contributed by atoms with Crippen LogP contribution in [0.4, 0.5) is 0 Å². The quantitative estimate of drug-likeness (QED) is 0.0346. The number of hydrogen-bond donors (Lipinski definition) is 2. The Labute approximate surface area is 442 Å². The van der Waals surface area contributed by atoms with Crippen LogP contribution in [0.2, 0.25) is 13.3 Å². The number of hydrogen-bond acceptors (Lipinski definition) is 12. The maximum atomic E-state index is 9.02. The van der Waals surface area contributed by atoms with Gasteiger partial charge >= 0.3 is 124 Å². The second kappa shape index (κ2) is 30.9. The molecule has 14 nitrogen and oxygen atoms in total. The minimum Gasteiger partial charge on any atom is -0.392 e. The van der Waals surface area contributed by atoms with Crippen LogP contribution in [0.5, 0.6) is 0 Å². The zero-order valence-corrected chi connectivity index (χ0v) is 46.7. The fraction of sp³-hybridized carbons (Fsp3) is 0.368. The molecule has 16 heteroatoms. The molecule has 0 bridgehead atoms. The molecule has 3 aliphatic rings. The summed E-state index contributed by atoms with van der Waals surface area (Å²) in [7, 11) is 0. The van der Waals surface area contributed by atoms with Gasteiger partial charge in [0.1, 0.15) is 6.10 Å². The van der Waals surface area contributed by atoms with Crippen molar-refractivity contribution < 1.29 is 24.7 Å². The van der Waals surface area contributed by atoms with E-state index in [1.54, 1.807) is 16.1 Å². The molecule has 0 saturated heterocycles. The zero-order chi connectivity index (χ0) is 51.5. The number of aromatic nitrogens is 3. The first-order chi connectivity index (χ1) is 35.8. The van der Waals surface area contributed by atoms with Crippen molar-refractivity contribution in [1.82, 2.24) is 15.0 Å². The van der Waals surface area contributed by atoms with Crippen molar-refractivity contribution >= 4 is 55.2 Å². The van der Waals surface area contributed by atoms with E-state index in [4.69, 9.17) is 35.2 Å². The van der Waals surface area contributed by atoms with Crippen LogP contribution in [-0.4, -0.2) is 98.7 Å². The monoisotopic (exact) mass is 1160 g/mol. The predicted molar refractivity (Wildman–Crippen MR) is 299 cm³/mol. The predicted octanol–water partition coefficient (Wildman–Crippen LogP) is 12.9. The molecular formula is C57H68BrN9O5Sn. The van der Waals surface area contributed by atoms with E-state index in [1.807, 2.05) is 115 Å². The molecule has 0 spiro atoms. The van der Waals surface area contributed by atoms with Crippen molar-refractivity contribution in [3.05, 3.63) is 178 Å². The number of benzene rings is 3. The van der Waals surface area contributed by atoms with Gasteiger partial charge in [-0.05, 0) is 58.6 Å². The van der Waals surface area contributed by atoms with Crippen LogP contribution in [0, 0.1) is 0 Å². The van der Waals surface area contributed by atoms with Gasteiger partial charge in [0, 0.05) is 52.2 Å². The van der Waals surface area contributed by atoms with Crippen LogP contribution in [0.25, 0.3) is 33.0 Å². The Morgan fingerprint density at radius 2 is 0.918 bits per heavy atom. The number of oxime groups is 3. The third-order valence-corrected chi connectivity index (χ3v) is 28.4. The molecule has 3 aromatic heterocycles. The molecule has 3 aromatic carbocycles. The molecule has 3 atom stereocenters. The normalized spacial score (nSPS) is 16.5.